The molecule has 2 aromatic rings. The quantitative estimate of drug-likeness (QED) is 0.284. The minimum absolute atomic E-state index is 0.0260. The molecule has 0 saturated carbocycles. The predicted molar refractivity (Wildman–Crippen MR) is 104 cm³/mol. The highest BCUT2D eigenvalue weighted by Gasteiger charge is 2.32. The third kappa shape index (κ3) is 3.79. The maximum absolute atomic E-state index is 12.5. The Kier molecular flexibility index (Phi) is 5.10. The van der Waals surface area contributed by atoms with E-state index in [-0.39, 0.29) is 15.8 Å². The van der Waals surface area contributed by atoms with E-state index in [4.69, 9.17) is 12.2 Å². The molecule has 26 heavy (non-hydrogen) atoms. The number of hydrazone groups is 1. The zero-order valence-corrected chi connectivity index (χ0v) is 14.7. The number of thiocarbonyl (C=S) groups is 1. The number of phenols is 1. The number of aromatic hydroxyl groups is 1. The molecule has 1 amide bonds. The van der Waals surface area contributed by atoms with E-state index < -0.39 is 10.8 Å². The van der Waals surface area contributed by atoms with Crippen molar-refractivity contribution in [1.82, 2.24) is 5.01 Å². The van der Waals surface area contributed by atoms with E-state index in [9.17, 15) is 20.0 Å². The van der Waals surface area contributed by atoms with E-state index in [0.29, 0.717) is 16.0 Å². The van der Waals surface area contributed by atoms with Crippen molar-refractivity contribution in [3.05, 3.63) is 74.7 Å². The summed E-state index contributed by atoms with van der Waals surface area (Å²) in [5.41, 5.74) is 1.07. The van der Waals surface area contributed by atoms with Crippen molar-refractivity contribution in [3.63, 3.8) is 0 Å². The van der Waals surface area contributed by atoms with Crippen molar-refractivity contribution in [1.29, 1.82) is 0 Å². The number of nitro groups is 1. The van der Waals surface area contributed by atoms with Gasteiger partial charge in [0.25, 0.3) is 11.6 Å². The molecule has 0 spiro atoms. The van der Waals surface area contributed by atoms with Gasteiger partial charge >= 0.3 is 0 Å². The van der Waals surface area contributed by atoms with Gasteiger partial charge in [-0.3, -0.25) is 14.9 Å². The van der Waals surface area contributed by atoms with Crippen LogP contribution in [0.15, 0.2) is 58.5 Å². The van der Waals surface area contributed by atoms with Gasteiger partial charge in [-0.2, -0.15) is 10.1 Å². The van der Waals surface area contributed by atoms with Gasteiger partial charge in [0.2, 0.25) is 0 Å². The lowest BCUT2D eigenvalue weighted by molar-refractivity contribution is -0.384. The van der Waals surface area contributed by atoms with E-state index in [1.54, 1.807) is 36.4 Å². The van der Waals surface area contributed by atoms with Gasteiger partial charge < -0.3 is 5.11 Å². The lowest BCUT2D eigenvalue weighted by Gasteiger charge is -2.06. The topological polar surface area (TPSA) is 96.0 Å². The van der Waals surface area contributed by atoms with Crippen LogP contribution in [0.25, 0.3) is 6.08 Å². The van der Waals surface area contributed by atoms with Crippen LogP contribution in [0.4, 0.5) is 5.69 Å². The van der Waals surface area contributed by atoms with Crippen LogP contribution in [-0.4, -0.2) is 31.5 Å². The summed E-state index contributed by atoms with van der Waals surface area (Å²) in [6, 6.07) is 12.4. The van der Waals surface area contributed by atoms with Crippen LogP contribution >= 0.6 is 24.0 Å². The van der Waals surface area contributed by atoms with Gasteiger partial charge in [-0.15, -0.1) is 0 Å². The van der Waals surface area contributed by atoms with Gasteiger partial charge in [0.1, 0.15) is 5.75 Å². The summed E-state index contributed by atoms with van der Waals surface area (Å²) in [5.74, 6) is -0.354. The number of nitrogens with zero attached hydrogens (tertiary/aromatic N) is 3. The summed E-state index contributed by atoms with van der Waals surface area (Å²) >= 11 is 6.26. The second-order valence-electron chi connectivity index (χ2n) is 5.15. The maximum atomic E-state index is 12.5. The molecule has 0 bridgehead atoms. The first-order valence-corrected chi connectivity index (χ1v) is 8.52. The second-order valence-corrected chi connectivity index (χ2v) is 6.82. The molecular weight excluding hydrogens is 374 g/mol. The molecule has 7 nitrogen and oxygen atoms in total. The second kappa shape index (κ2) is 7.46. The molecule has 9 heteroatoms. The molecule has 1 aliphatic heterocycles. The van der Waals surface area contributed by atoms with Crippen molar-refractivity contribution in [3.8, 4) is 5.75 Å². The third-order valence-corrected chi connectivity index (χ3v) is 4.71. The van der Waals surface area contributed by atoms with E-state index in [1.165, 1.54) is 24.4 Å². The zero-order valence-electron chi connectivity index (χ0n) is 13.1. The zero-order chi connectivity index (χ0) is 18.7. The Hall–Kier alpha value is -3.04. The van der Waals surface area contributed by atoms with Crippen molar-refractivity contribution in [2.45, 2.75) is 0 Å². The molecule has 3 rings (SSSR count). The number of nitro benzene ring substituents is 1. The summed E-state index contributed by atoms with van der Waals surface area (Å²) in [6.07, 6.45) is 2.95. The number of phenolic OH excluding ortho intramolecular Hbond substituents is 1. The average molecular weight is 385 g/mol. The van der Waals surface area contributed by atoms with Gasteiger partial charge in [-0.1, -0.05) is 23.9 Å². The van der Waals surface area contributed by atoms with Crippen LogP contribution in [0.2, 0.25) is 0 Å². The number of carbonyl (C=O) groups is 1. The molecule has 1 fully saturated rings. The Balaban J connectivity index is 1.80. The summed E-state index contributed by atoms with van der Waals surface area (Å²) < 4.78 is 0.259. The van der Waals surface area contributed by atoms with Crippen LogP contribution in [0.1, 0.15) is 11.1 Å². The molecule has 0 aliphatic carbocycles. The maximum Gasteiger partial charge on any atom is 0.286 e. The SMILES string of the molecule is O=C1C(=Cc2ccc([N+](=O)[O-])cc2)SC(=S)N1/N=C/c1ccccc1O. The van der Waals surface area contributed by atoms with Gasteiger partial charge in [0, 0.05) is 17.7 Å². The van der Waals surface area contributed by atoms with Crippen molar-refractivity contribution in [2.24, 2.45) is 5.10 Å². The predicted octanol–water partition coefficient (Wildman–Crippen LogP) is 3.54. The number of para-hydroxylation sites is 1. The molecule has 2 aromatic carbocycles. The minimum Gasteiger partial charge on any atom is -0.507 e. The van der Waals surface area contributed by atoms with Gasteiger partial charge in [0.15, 0.2) is 4.32 Å². The Morgan fingerprint density at radius 3 is 2.54 bits per heavy atom. The van der Waals surface area contributed by atoms with Crippen LogP contribution in [0.3, 0.4) is 0 Å². The smallest absolute Gasteiger partial charge is 0.286 e. The van der Waals surface area contributed by atoms with Crippen molar-refractivity contribution < 1.29 is 14.8 Å². The van der Waals surface area contributed by atoms with Crippen molar-refractivity contribution >= 4 is 52.2 Å². The fourth-order valence-corrected chi connectivity index (χ4v) is 3.29. The number of benzene rings is 2. The van der Waals surface area contributed by atoms with E-state index in [2.05, 4.69) is 5.10 Å². The summed E-state index contributed by atoms with van der Waals surface area (Å²) in [7, 11) is 0. The standard InChI is InChI=1S/C17H11N3O4S2/c21-14-4-2-1-3-12(14)10-18-19-16(22)15(26-17(19)25)9-11-5-7-13(8-6-11)20(23)24/h1-10,21H/b15-9?,18-10+. The fraction of sp³-hybridized carbons (Fsp3) is 0. The lowest BCUT2D eigenvalue weighted by Crippen LogP contribution is -2.22. The number of thioether (sulfide) groups is 1. The van der Waals surface area contributed by atoms with Crippen molar-refractivity contribution in [2.75, 3.05) is 0 Å². The molecule has 130 valence electrons. The molecule has 0 atom stereocenters. The lowest BCUT2D eigenvalue weighted by atomic mass is 10.2. The summed E-state index contributed by atoms with van der Waals surface area (Å²) in [5, 5.41) is 25.5. The molecule has 0 unspecified atom stereocenters. The number of rotatable bonds is 4. The largest absolute Gasteiger partial charge is 0.507 e. The number of hydrogen-bond donors (Lipinski definition) is 1. The minimum atomic E-state index is -0.489. The highest BCUT2D eigenvalue weighted by atomic mass is 32.2. The van der Waals surface area contributed by atoms with Gasteiger partial charge in [0.05, 0.1) is 16.0 Å². The van der Waals surface area contributed by atoms with Crippen LogP contribution < -0.4 is 0 Å². The normalized spacial score (nSPS) is 16.0. The third-order valence-electron chi connectivity index (χ3n) is 3.42. The number of amides is 1. The Bertz CT molecular complexity index is 955. The van der Waals surface area contributed by atoms with Gasteiger partial charge in [-0.25, -0.2) is 0 Å². The monoisotopic (exact) mass is 385 g/mol. The Morgan fingerprint density at radius 2 is 1.88 bits per heavy atom. The van der Waals surface area contributed by atoms with Crippen LogP contribution in [-0.2, 0) is 4.79 Å². The molecule has 0 radical (unpaired) electrons. The first-order chi connectivity index (χ1) is 12.5. The Labute approximate surface area is 157 Å². The number of carbonyl (C=O) groups excluding carboxylic acids is 1. The van der Waals surface area contributed by atoms with Gasteiger partial charge in [-0.05, 0) is 48.1 Å². The number of hydrogen-bond acceptors (Lipinski definition) is 7. The van der Waals surface area contributed by atoms with Crippen LogP contribution in [0, 0.1) is 10.1 Å². The molecule has 1 saturated heterocycles. The molecule has 1 aliphatic rings. The highest BCUT2D eigenvalue weighted by molar-refractivity contribution is 8.26. The van der Waals surface area contributed by atoms with E-state index in [1.807, 2.05) is 0 Å². The summed E-state index contributed by atoms with van der Waals surface area (Å²) in [6.45, 7) is 0. The fourth-order valence-electron chi connectivity index (χ4n) is 2.12. The van der Waals surface area contributed by atoms with E-state index in [0.717, 1.165) is 16.8 Å². The first-order valence-electron chi connectivity index (χ1n) is 7.30. The molecule has 1 N–H and O–H groups in total. The molecule has 1 heterocycles. The average Bonchev–Trinajstić information content (AvgIpc) is 2.88. The Morgan fingerprint density at radius 1 is 1.19 bits per heavy atom. The molecular formula is C17H11N3O4S2. The first kappa shape index (κ1) is 17.8. The van der Waals surface area contributed by atoms with E-state index >= 15 is 0 Å². The highest BCUT2D eigenvalue weighted by Crippen LogP contribution is 2.33. The summed E-state index contributed by atoms with van der Waals surface area (Å²) in [4.78, 5) is 23.0. The van der Waals surface area contributed by atoms with Crippen LogP contribution in [0.5, 0.6) is 5.75 Å². The number of non-ortho nitro benzene ring substituents is 1. The molecule has 0 aromatic heterocycles.